The molecule has 152 valence electrons. The number of hydrogen-bond donors (Lipinski definition) is 2. The summed E-state index contributed by atoms with van der Waals surface area (Å²) >= 11 is 0. The summed E-state index contributed by atoms with van der Waals surface area (Å²) in [6, 6.07) is 8.76. The molecule has 0 saturated carbocycles. The largest absolute Gasteiger partial charge is 0.467 e. The third-order valence-corrected chi connectivity index (χ3v) is 4.82. The molecule has 3 rings (SSSR count). The lowest BCUT2D eigenvalue weighted by Gasteiger charge is -2.38. The first-order chi connectivity index (χ1) is 13.3. The fourth-order valence-corrected chi connectivity index (χ4v) is 3.24. The predicted octanol–water partition coefficient (Wildman–Crippen LogP) is 3.89. The molecule has 28 heavy (non-hydrogen) atoms. The van der Waals surface area contributed by atoms with Crippen molar-refractivity contribution in [1.29, 1.82) is 0 Å². The fraction of sp³-hybridized carbons (Fsp3) is 0.476. The number of carbonyl (C=O) groups is 1. The van der Waals surface area contributed by atoms with E-state index in [0.29, 0.717) is 22.9 Å². The van der Waals surface area contributed by atoms with Gasteiger partial charge in [-0.05, 0) is 44.0 Å². The molecule has 0 aliphatic carbocycles. The van der Waals surface area contributed by atoms with Gasteiger partial charge in [0.15, 0.2) is 11.5 Å². The number of aliphatic hydroxyl groups is 1. The number of ether oxygens (including phenoxy) is 3. The monoisotopic (exact) mass is 389 g/mol. The summed E-state index contributed by atoms with van der Waals surface area (Å²) in [6.07, 6.45) is 0.314. The lowest BCUT2D eigenvalue weighted by Crippen LogP contribution is -2.53. The Morgan fingerprint density at radius 1 is 1.21 bits per heavy atom. The molecule has 2 heterocycles. The average Bonchev–Trinajstić information content (AvgIpc) is 3.31. The highest BCUT2D eigenvalue weighted by Crippen LogP contribution is 2.39. The standard InChI is InChI=1S/C21H27NO6/c1-13(2)21(20(24)28-14(3)4,11-16(23)17-6-5-9-25-17)22-15-7-8-18-19(10-15)27-12-26-18/h5-10,13-14,16,22-23H,11-12H2,1-4H3/t16-,21?/m1/s1. The maximum atomic E-state index is 13.2. The number of hydrogen-bond acceptors (Lipinski definition) is 7. The van der Waals surface area contributed by atoms with E-state index in [1.165, 1.54) is 6.26 Å². The van der Waals surface area contributed by atoms with Gasteiger partial charge in [0.25, 0.3) is 0 Å². The Balaban J connectivity index is 1.94. The van der Waals surface area contributed by atoms with Crippen LogP contribution < -0.4 is 14.8 Å². The van der Waals surface area contributed by atoms with Crippen LogP contribution in [-0.4, -0.2) is 29.5 Å². The van der Waals surface area contributed by atoms with Gasteiger partial charge in [0.05, 0.1) is 12.4 Å². The normalized spacial score (nSPS) is 16.1. The zero-order valence-electron chi connectivity index (χ0n) is 16.6. The average molecular weight is 389 g/mol. The summed E-state index contributed by atoms with van der Waals surface area (Å²) in [5, 5.41) is 14.0. The van der Waals surface area contributed by atoms with E-state index >= 15 is 0 Å². The van der Waals surface area contributed by atoms with Crippen molar-refractivity contribution in [3.63, 3.8) is 0 Å². The van der Waals surface area contributed by atoms with Gasteiger partial charge in [0, 0.05) is 18.2 Å². The van der Waals surface area contributed by atoms with Crippen LogP contribution in [0.15, 0.2) is 41.0 Å². The minimum atomic E-state index is -1.18. The summed E-state index contributed by atoms with van der Waals surface area (Å²) < 4.78 is 21.7. The van der Waals surface area contributed by atoms with Gasteiger partial charge in [-0.2, -0.15) is 0 Å². The molecule has 2 N–H and O–H groups in total. The first-order valence-corrected chi connectivity index (χ1v) is 9.42. The Kier molecular flexibility index (Phi) is 5.84. The minimum absolute atomic E-state index is 0.0815. The highest BCUT2D eigenvalue weighted by atomic mass is 16.7. The first kappa shape index (κ1) is 20.1. The van der Waals surface area contributed by atoms with Crippen molar-refractivity contribution in [2.75, 3.05) is 12.1 Å². The second-order valence-electron chi connectivity index (χ2n) is 7.51. The lowest BCUT2D eigenvalue weighted by atomic mass is 9.80. The molecular formula is C21H27NO6. The highest BCUT2D eigenvalue weighted by molar-refractivity contribution is 5.85. The second-order valence-corrected chi connectivity index (χ2v) is 7.51. The molecule has 0 spiro atoms. The van der Waals surface area contributed by atoms with Crippen molar-refractivity contribution >= 4 is 11.7 Å². The van der Waals surface area contributed by atoms with Crippen molar-refractivity contribution in [1.82, 2.24) is 0 Å². The molecule has 1 unspecified atom stereocenters. The van der Waals surface area contributed by atoms with Crippen molar-refractivity contribution in [3.05, 3.63) is 42.4 Å². The van der Waals surface area contributed by atoms with Crippen LogP contribution >= 0.6 is 0 Å². The number of carbonyl (C=O) groups excluding carboxylic acids is 1. The second kappa shape index (κ2) is 8.14. The van der Waals surface area contributed by atoms with Crippen LogP contribution in [-0.2, 0) is 9.53 Å². The Morgan fingerprint density at radius 2 is 1.96 bits per heavy atom. The molecule has 1 aromatic carbocycles. The Bertz CT molecular complexity index is 801. The van der Waals surface area contributed by atoms with E-state index in [9.17, 15) is 9.90 Å². The first-order valence-electron chi connectivity index (χ1n) is 9.42. The predicted molar refractivity (Wildman–Crippen MR) is 103 cm³/mol. The molecule has 1 aromatic heterocycles. The van der Waals surface area contributed by atoms with E-state index in [-0.39, 0.29) is 25.2 Å². The molecule has 0 radical (unpaired) electrons. The number of esters is 1. The van der Waals surface area contributed by atoms with Gasteiger partial charge in [-0.25, -0.2) is 4.79 Å². The molecule has 1 aliphatic rings. The number of nitrogens with one attached hydrogen (secondary N) is 1. The molecule has 0 bridgehead atoms. The van der Waals surface area contributed by atoms with Crippen LogP contribution in [0.4, 0.5) is 5.69 Å². The molecule has 0 saturated heterocycles. The number of benzene rings is 1. The minimum Gasteiger partial charge on any atom is -0.467 e. The van der Waals surface area contributed by atoms with Gasteiger partial charge in [-0.1, -0.05) is 13.8 Å². The smallest absolute Gasteiger partial charge is 0.332 e. The maximum Gasteiger partial charge on any atom is 0.332 e. The molecule has 7 heteroatoms. The van der Waals surface area contributed by atoms with E-state index in [4.69, 9.17) is 18.6 Å². The third kappa shape index (κ3) is 4.09. The zero-order chi connectivity index (χ0) is 20.3. The highest BCUT2D eigenvalue weighted by Gasteiger charge is 2.46. The van der Waals surface area contributed by atoms with Crippen LogP contribution in [0.25, 0.3) is 0 Å². The Morgan fingerprint density at radius 3 is 2.61 bits per heavy atom. The Labute approximate surface area is 164 Å². The van der Waals surface area contributed by atoms with Gasteiger partial charge in [-0.3, -0.25) is 0 Å². The topological polar surface area (TPSA) is 90.2 Å². The number of anilines is 1. The van der Waals surface area contributed by atoms with Gasteiger partial charge in [-0.15, -0.1) is 0 Å². The lowest BCUT2D eigenvalue weighted by molar-refractivity contribution is -0.156. The third-order valence-electron chi connectivity index (χ3n) is 4.82. The number of fused-ring (bicyclic) bond motifs is 1. The summed E-state index contributed by atoms with van der Waals surface area (Å²) in [4.78, 5) is 13.2. The number of furan rings is 1. The van der Waals surface area contributed by atoms with E-state index < -0.39 is 17.6 Å². The molecule has 7 nitrogen and oxygen atoms in total. The molecule has 2 aromatic rings. The van der Waals surface area contributed by atoms with Gasteiger partial charge in [0.1, 0.15) is 17.4 Å². The molecular weight excluding hydrogens is 362 g/mol. The van der Waals surface area contributed by atoms with E-state index in [2.05, 4.69) is 5.32 Å². The van der Waals surface area contributed by atoms with Crippen molar-refractivity contribution in [3.8, 4) is 11.5 Å². The van der Waals surface area contributed by atoms with E-state index in [1.807, 2.05) is 19.9 Å². The fourth-order valence-electron chi connectivity index (χ4n) is 3.24. The van der Waals surface area contributed by atoms with E-state index in [0.717, 1.165) is 0 Å². The number of rotatable bonds is 8. The summed E-state index contributed by atoms with van der Waals surface area (Å²) in [7, 11) is 0. The van der Waals surface area contributed by atoms with Crippen LogP contribution in [0.5, 0.6) is 11.5 Å². The molecule has 1 aliphatic heterocycles. The quantitative estimate of drug-likeness (QED) is 0.662. The molecule has 0 fully saturated rings. The SMILES string of the molecule is CC(C)OC(=O)C(C[C@@H](O)c1ccco1)(Nc1ccc2c(c1)OCO2)C(C)C. The molecule has 0 amide bonds. The summed E-state index contributed by atoms with van der Waals surface area (Å²) in [5.74, 6) is 1.04. The van der Waals surface area contributed by atoms with Crippen LogP contribution in [0, 0.1) is 5.92 Å². The number of aliphatic hydroxyl groups excluding tert-OH is 1. The van der Waals surface area contributed by atoms with Gasteiger partial charge in [0.2, 0.25) is 6.79 Å². The van der Waals surface area contributed by atoms with Crippen LogP contribution in [0.2, 0.25) is 0 Å². The maximum absolute atomic E-state index is 13.2. The van der Waals surface area contributed by atoms with E-state index in [1.54, 1.807) is 38.1 Å². The van der Waals surface area contributed by atoms with Gasteiger partial charge < -0.3 is 29.1 Å². The summed E-state index contributed by atoms with van der Waals surface area (Å²) in [5.41, 5.74) is -0.505. The van der Waals surface area contributed by atoms with Crippen molar-refractivity contribution < 1.29 is 28.5 Å². The van der Waals surface area contributed by atoms with Crippen LogP contribution in [0.3, 0.4) is 0 Å². The van der Waals surface area contributed by atoms with Crippen molar-refractivity contribution in [2.45, 2.75) is 51.9 Å². The van der Waals surface area contributed by atoms with Crippen LogP contribution in [0.1, 0.15) is 46.0 Å². The van der Waals surface area contributed by atoms with Crippen molar-refractivity contribution in [2.24, 2.45) is 5.92 Å². The summed E-state index contributed by atoms with van der Waals surface area (Å²) in [6.45, 7) is 7.59. The molecule has 2 atom stereocenters. The Hall–Kier alpha value is -2.67. The zero-order valence-corrected chi connectivity index (χ0v) is 16.6. The van der Waals surface area contributed by atoms with Gasteiger partial charge >= 0.3 is 5.97 Å².